The Hall–Kier alpha value is -3.13. The quantitative estimate of drug-likeness (QED) is 0.680. The van der Waals surface area contributed by atoms with Crippen LogP contribution in [0.2, 0.25) is 0 Å². The molecule has 1 saturated heterocycles. The molecule has 2 aromatic rings. The summed E-state index contributed by atoms with van der Waals surface area (Å²) in [6.07, 6.45) is 1.02. The monoisotopic (exact) mass is 416 g/mol. The zero-order valence-corrected chi connectivity index (χ0v) is 17.0. The molecule has 1 aliphatic rings. The molecule has 0 bridgehead atoms. The molecule has 0 saturated carbocycles. The minimum Gasteiger partial charge on any atom is -0.492 e. The highest BCUT2D eigenvalue weighted by atomic mass is 19.1. The van der Waals surface area contributed by atoms with Crippen LogP contribution in [0, 0.1) is 5.82 Å². The van der Waals surface area contributed by atoms with Crippen LogP contribution in [0.3, 0.4) is 0 Å². The summed E-state index contributed by atoms with van der Waals surface area (Å²) in [5, 5.41) is 5.59. The molecular weight excluding hydrogens is 391 g/mol. The number of carbonyl (C=O) groups is 2. The number of halogens is 1. The van der Waals surface area contributed by atoms with Gasteiger partial charge in [0.15, 0.2) is 0 Å². The number of ether oxygens (including phenoxy) is 3. The second-order valence-corrected chi connectivity index (χ2v) is 6.66. The number of anilines is 2. The van der Waals surface area contributed by atoms with E-state index in [0.29, 0.717) is 54.7 Å². The predicted molar refractivity (Wildman–Crippen MR) is 111 cm³/mol. The van der Waals surface area contributed by atoms with Gasteiger partial charge >= 0.3 is 0 Å². The Morgan fingerprint density at radius 2 is 1.63 bits per heavy atom. The van der Waals surface area contributed by atoms with Gasteiger partial charge in [-0.25, -0.2) is 4.39 Å². The van der Waals surface area contributed by atoms with Gasteiger partial charge in [-0.15, -0.1) is 0 Å². The zero-order valence-electron chi connectivity index (χ0n) is 17.0. The fourth-order valence-electron chi connectivity index (χ4n) is 3.10. The average molecular weight is 416 g/mol. The lowest BCUT2D eigenvalue weighted by Crippen LogP contribution is -2.27. The summed E-state index contributed by atoms with van der Waals surface area (Å²) in [5.41, 5.74) is 1.11. The van der Waals surface area contributed by atoms with Crippen molar-refractivity contribution in [3.05, 3.63) is 47.8 Å². The van der Waals surface area contributed by atoms with E-state index in [1.807, 2.05) is 13.8 Å². The SMILES string of the molecule is CCOc1cc(NC(=O)[C@@H]2CCCO2)c(OCC)cc1NC(=O)c1ccc(F)cc1. The van der Waals surface area contributed by atoms with Gasteiger partial charge in [0.1, 0.15) is 23.4 Å². The first-order valence-corrected chi connectivity index (χ1v) is 9.94. The van der Waals surface area contributed by atoms with Crippen molar-refractivity contribution in [2.75, 3.05) is 30.5 Å². The third-order valence-electron chi connectivity index (χ3n) is 4.52. The maximum atomic E-state index is 13.1. The van der Waals surface area contributed by atoms with E-state index >= 15 is 0 Å². The van der Waals surface area contributed by atoms with Crippen LogP contribution in [0.4, 0.5) is 15.8 Å². The Morgan fingerprint density at radius 3 is 2.17 bits per heavy atom. The van der Waals surface area contributed by atoms with E-state index in [1.165, 1.54) is 24.3 Å². The summed E-state index contributed by atoms with van der Waals surface area (Å²) in [6.45, 7) is 4.91. The van der Waals surface area contributed by atoms with Crippen molar-refractivity contribution in [2.45, 2.75) is 32.8 Å². The predicted octanol–water partition coefficient (Wildman–Crippen LogP) is 3.99. The van der Waals surface area contributed by atoms with Crippen LogP contribution >= 0.6 is 0 Å². The third-order valence-corrected chi connectivity index (χ3v) is 4.52. The Labute approximate surface area is 174 Å². The van der Waals surface area contributed by atoms with Crippen molar-refractivity contribution in [3.8, 4) is 11.5 Å². The molecule has 1 aliphatic heterocycles. The highest BCUT2D eigenvalue weighted by Gasteiger charge is 2.25. The second-order valence-electron chi connectivity index (χ2n) is 6.66. The molecule has 2 N–H and O–H groups in total. The fraction of sp³-hybridized carbons (Fsp3) is 0.364. The fourth-order valence-corrected chi connectivity index (χ4v) is 3.10. The largest absolute Gasteiger partial charge is 0.492 e. The molecule has 3 rings (SSSR count). The number of rotatable bonds is 8. The van der Waals surface area contributed by atoms with Crippen molar-refractivity contribution in [1.29, 1.82) is 0 Å². The lowest BCUT2D eigenvalue weighted by molar-refractivity contribution is -0.124. The lowest BCUT2D eigenvalue weighted by Gasteiger charge is -2.19. The van der Waals surface area contributed by atoms with E-state index in [9.17, 15) is 14.0 Å². The van der Waals surface area contributed by atoms with Crippen LogP contribution in [0.1, 0.15) is 37.0 Å². The molecule has 160 valence electrons. The van der Waals surface area contributed by atoms with E-state index in [-0.39, 0.29) is 5.91 Å². The van der Waals surface area contributed by atoms with E-state index in [1.54, 1.807) is 12.1 Å². The van der Waals surface area contributed by atoms with E-state index in [0.717, 1.165) is 6.42 Å². The molecule has 7 nitrogen and oxygen atoms in total. The topological polar surface area (TPSA) is 85.9 Å². The molecule has 30 heavy (non-hydrogen) atoms. The molecule has 8 heteroatoms. The van der Waals surface area contributed by atoms with Crippen LogP contribution < -0.4 is 20.1 Å². The van der Waals surface area contributed by atoms with Crippen molar-refractivity contribution >= 4 is 23.2 Å². The van der Waals surface area contributed by atoms with E-state index in [4.69, 9.17) is 14.2 Å². The molecule has 1 atom stereocenters. The highest BCUT2D eigenvalue weighted by molar-refractivity contribution is 6.05. The van der Waals surface area contributed by atoms with E-state index < -0.39 is 17.8 Å². The molecule has 2 aromatic carbocycles. The maximum Gasteiger partial charge on any atom is 0.255 e. The first kappa shape index (κ1) is 21.6. The molecule has 0 aromatic heterocycles. The summed E-state index contributed by atoms with van der Waals surface area (Å²) in [7, 11) is 0. The standard InChI is InChI=1S/C22H25FN2O5/c1-3-28-19-13-17(25-22(27)18-6-5-11-30-18)20(29-4-2)12-16(19)24-21(26)14-7-9-15(23)10-8-14/h7-10,12-13,18H,3-6,11H2,1-2H3,(H,24,26)(H,25,27)/t18-/m0/s1. The van der Waals surface area contributed by atoms with Crippen molar-refractivity contribution in [2.24, 2.45) is 0 Å². The molecule has 0 aliphatic carbocycles. The third kappa shape index (κ3) is 5.27. The first-order valence-electron chi connectivity index (χ1n) is 9.94. The van der Waals surface area contributed by atoms with Crippen LogP contribution in [0.15, 0.2) is 36.4 Å². The van der Waals surface area contributed by atoms with Gasteiger partial charge in [0.25, 0.3) is 11.8 Å². The van der Waals surface area contributed by atoms with Crippen molar-refractivity contribution in [1.82, 2.24) is 0 Å². The number of hydrogen-bond acceptors (Lipinski definition) is 5. The summed E-state index contributed by atoms with van der Waals surface area (Å²) >= 11 is 0. The van der Waals surface area contributed by atoms with Gasteiger partial charge in [0.2, 0.25) is 0 Å². The lowest BCUT2D eigenvalue weighted by atomic mass is 10.1. The molecule has 2 amide bonds. The number of hydrogen-bond donors (Lipinski definition) is 2. The van der Waals surface area contributed by atoms with E-state index in [2.05, 4.69) is 10.6 Å². The van der Waals surface area contributed by atoms with Gasteiger partial charge in [-0.3, -0.25) is 9.59 Å². The number of amides is 2. The molecule has 0 radical (unpaired) electrons. The normalized spacial score (nSPS) is 15.5. The summed E-state index contributed by atoms with van der Waals surface area (Å²) in [4.78, 5) is 25.1. The molecule has 1 fully saturated rings. The van der Waals surface area contributed by atoms with Crippen molar-refractivity contribution < 1.29 is 28.2 Å². The van der Waals surface area contributed by atoms with Gasteiger partial charge in [-0.05, 0) is 51.0 Å². The summed E-state index contributed by atoms with van der Waals surface area (Å²) in [5.74, 6) is -0.333. The second kappa shape index (κ2) is 10.1. The smallest absolute Gasteiger partial charge is 0.255 e. The van der Waals surface area contributed by atoms with Gasteiger partial charge in [-0.1, -0.05) is 0 Å². The zero-order chi connectivity index (χ0) is 21.5. The number of benzene rings is 2. The maximum absolute atomic E-state index is 13.1. The molecule has 0 unspecified atom stereocenters. The van der Waals surface area contributed by atoms with Crippen molar-refractivity contribution in [3.63, 3.8) is 0 Å². The number of carbonyl (C=O) groups excluding carboxylic acids is 2. The molecular formula is C22H25FN2O5. The Kier molecular flexibility index (Phi) is 7.24. The Morgan fingerprint density at radius 1 is 1.03 bits per heavy atom. The summed E-state index contributed by atoms with van der Waals surface area (Å²) < 4.78 is 29.9. The Bertz CT molecular complexity index is 895. The van der Waals surface area contributed by atoms with Crippen LogP contribution in [-0.2, 0) is 9.53 Å². The Balaban J connectivity index is 1.87. The van der Waals surface area contributed by atoms with Crippen LogP contribution in [-0.4, -0.2) is 37.7 Å². The number of nitrogens with one attached hydrogen (secondary N) is 2. The van der Waals surface area contributed by atoms with Crippen LogP contribution in [0.5, 0.6) is 11.5 Å². The average Bonchev–Trinajstić information content (AvgIpc) is 3.27. The van der Waals surface area contributed by atoms with Gasteiger partial charge in [0, 0.05) is 24.3 Å². The summed E-state index contributed by atoms with van der Waals surface area (Å²) in [6, 6.07) is 8.43. The van der Waals surface area contributed by atoms with Gasteiger partial charge in [0.05, 0.1) is 24.6 Å². The van der Waals surface area contributed by atoms with Crippen LogP contribution in [0.25, 0.3) is 0 Å². The molecule has 1 heterocycles. The highest BCUT2D eigenvalue weighted by Crippen LogP contribution is 2.37. The first-order chi connectivity index (χ1) is 14.5. The minimum absolute atomic E-state index is 0.251. The van der Waals surface area contributed by atoms with Gasteiger partial charge < -0.3 is 24.8 Å². The van der Waals surface area contributed by atoms with Gasteiger partial charge in [-0.2, -0.15) is 0 Å². The minimum atomic E-state index is -0.493. The molecule has 0 spiro atoms.